The van der Waals surface area contributed by atoms with Crippen LogP contribution in [0.25, 0.3) is 0 Å². The van der Waals surface area contributed by atoms with E-state index in [1.807, 2.05) is 48.7 Å². The molecule has 0 radical (unpaired) electrons. The fourth-order valence-electron chi connectivity index (χ4n) is 1.73. The predicted octanol–water partition coefficient (Wildman–Crippen LogP) is 2.83. The first kappa shape index (κ1) is 14.6. The van der Waals surface area contributed by atoms with Gasteiger partial charge in [-0.05, 0) is 42.6 Å². The fourth-order valence-corrected chi connectivity index (χ4v) is 2.51. The van der Waals surface area contributed by atoms with E-state index in [2.05, 4.69) is 5.32 Å². The number of ether oxygens (including phenoxy) is 1. The summed E-state index contributed by atoms with van der Waals surface area (Å²) < 4.78 is 5.39. The molecular weight excluding hydrogens is 272 g/mol. The predicted molar refractivity (Wildman–Crippen MR) is 82.4 cm³/mol. The molecule has 1 aromatic heterocycles. The minimum Gasteiger partial charge on any atom is -0.492 e. The number of rotatable bonds is 6. The molecule has 1 aromatic carbocycles. The van der Waals surface area contributed by atoms with Gasteiger partial charge in [-0.3, -0.25) is 4.79 Å². The van der Waals surface area contributed by atoms with E-state index in [4.69, 9.17) is 10.5 Å². The van der Waals surface area contributed by atoms with Crippen molar-refractivity contribution in [2.24, 2.45) is 5.73 Å². The number of hydrogen-bond donors (Lipinski definition) is 2. The van der Waals surface area contributed by atoms with Gasteiger partial charge in [-0.15, -0.1) is 11.3 Å². The van der Waals surface area contributed by atoms with Gasteiger partial charge in [0.25, 0.3) is 0 Å². The number of benzene rings is 1. The van der Waals surface area contributed by atoms with E-state index in [1.165, 1.54) is 0 Å². The Kier molecular flexibility index (Phi) is 5.15. The summed E-state index contributed by atoms with van der Waals surface area (Å²) in [6.45, 7) is 2.87. The third-order valence-corrected chi connectivity index (χ3v) is 3.93. The van der Waals surface area contributed by atoms with Crippen molar-refractivity contribution in [2.75, 3.05) is 18.5 Å². The molecule has 2 rings (SSSR count). The van der Waals surface area contributed by atoms with Crippen molar-refractivity contribution in [1.82, 2.24) is 0 Å². The van der Waals surface area contributed by atoms with Crippen LogP contribution in [0.1, 0.15) is 17.7 Å². The van der Waals surface area contributed by atoms with E-state index in [-0.39, 0.29) is 11.8 Å². The maximum Gasteiger partial charge on any atom is 0.232 e. The van der Waals surface area contributed by atoms with Gasteiger partial charge in [0.05, 0.1) is 5.92 Å². The summed E-state index contributed by atoms with van der Waals surface area (Å²) in [6.07, 6.45) is 0. The normalized spacial score (nSPS) is 11.9. The van der Waals surface area contributed by atoms with Gasteiger partial charge in [0.15, 0.2) is 0 Å². The number of nitrogens with one attached hydrogen (secondary N) is 1. The molecule has 4 nitrogen and oxygen atoms in total. The molecule has 1 atom stereocenters. The van der Waals surface area contributed by atoms with Gasteiger partial charge in [-0.1, -0.05) is 6.07 Å². The second-order valence-corrected chi connectivity index (χ2v) is 5.37. The minimum atomic E-state index is -0.150. The molecule has 0 aliphatic rings. The van der Waals surface area contributed by atoms with Crippen LogP contribution in [0.4, 0.5) is 5.69 Å². The Morgan fingerprint density at radius 1 is 1.35 bits per heavy atom. The third kappa shape index (κ3) is 3.82. The van der Waals surface area contributed by atoms with Crippen LogP contribution in [0.15, 0.2) is 41.8 Å². The minimum absolute atomic E-state index is 0.0110. The Morgan fingerprint density at radius 3 is 2.70 bits per heavy atom. The average molecular weight is 290 g/mol. The van der Waals surface area contributed by atoms with Crippen LogP contribution in [0.5, 0.6) is 5.75 Å². The van der Waals surface area contributed by atoms with Gasteiger partial charge >= 0.3 is 0 Å². The monoisotopic (exact) mass is 290 g/mol. The molecule has 0 fully saturated rings. The highest BCUT2D eigenvalue weighted by Gasteiger charge is 2.16. The molecule has 20 heavy (non-hydrogen) atoms. The number of amides is 1. The Bertz CT molecular complexity index is 538. The third-order valence-electron chi connectivity index (χ3n) is 2.87. The van der Waals surface area contributed by atoms with E-state index in [0.29, 0.717) is 13.2 Å². The Balaban J connectivity index is 1.94. The molecule has 0 aliphatic carbocycles. The zero-order valence-corrected chi connectivity index (χ0v) is 12.2. The SMILES string of the molecule is CC(C(=O)Nc1ccc(OCCN)cc1)c1cccs1. The number of nitrogens with two attached hydrogens (primary N) is 1. The summed E-state index contributed by atoms with van der Waals surface area (Å²) in [6, 6.07) is 11.2. The van der Waals surface area contributed by atoms with Crippen molar-refractivity contribution in [3.8, 4) is 5.75 Å². The zero-order chi connectivity index (χ0) is 14.4. The van der Waals surface area contributed by atoms with Crippen LogP contribution in [-0.2, 0) is 4.79 Å². The maximum atomic E-state index is 12.1. The number of hydrogen-bond acceptors (Lipinski definition) is 4. The second-order valence-electron chi connectivity index (χ2n) is 4.39. The van der Waals surface area contributed by atoms with Crippen LogP contribution < -0.4 is 15.8 Å². The highest BCUT2D eigenvalue weighted by molar-refractivity contribution is 7.10. The smallest absolute Gasteiger partial charge is 0.232 e. The Morgan fingerprint density at radius 2 is 2.10 bits per heavy atom. The fraction of sp³-hybridized carbons (Fsp3) is 0.267. The Hall–Kier alpha value is -1.85. The van der Waals surface area contributed by atoms with Crippen LogP contribution in [-0.4, -0.2) is 19.1 Å². The van der Waals surface area contributed by atoms with Crippen molar-refractivity contribution in [3.05, 3.63) is 46.7 Å². The summed E-state index contributed by atoms with van der Waals surface area (Å²) in [5.41, 5.74) is 6.13. The van der Waals surface area contributed by atoms with Crippen molar-refractivity contribution in [2.45, 2.75) is 12.8 Å². The first-order valence-corrected chi connectivity index (χ1v) is 7.36. The standard InChI is InChI=1S/C15H18N2O2S/c1-11(14-3-2-10-20-14)15(18)17-12-4-6-13(7-5-12)19-9-8-16/h2-7,10-11H,8-9,16H2,1H3,(H,17,18). The maximum absolute atomic E-state index is 12.1. The van der Waals surface area contributed by atoms with Gasteiger partial charge < -0.3 is 15.8 Å². The summed E-state index contributed by atoms with van der Waals surface area (Å²) in [5, 5.41) is 4.88. The highest BCUT2D eigenvalue weighted by atomic mass is 32.1. The molecule has 0 bridgehead atoms. The molecule has 0 spiro atoms. The van der Waals surface area contributed by atoms with Crippen molar-refractivity contribution in [1.29, 1.82) is 0 Å². The lowest BCUT2D eigenvalue weighted by atomic mass is 10.1. The van der Waals surface area contributed by atoms with Crippen molar-refractivity contribution >= 4 is 22.9 Å². The molecule has 1 heterocycles. The summed E-state index contributed by atoms with van der Waals surface area (Å²) >= 11 is 1.59. The first-order chi connectivity index (χ1) is 9.70. The lowest BCUT2D eigenvalue weighted by Crippen LogP contribution is -2.18. The Labute approximate surface area is 122 Å². The zero-order valence-electron chi connectivity index (χ0n) is 11.3. The number of anilines is 1. The molecule has 3 N–H and O–H groups in total. The highest BCUT2D eigenvalue weighted by Crippen LogP contribution is 2.23. The number of thiophene rings is 1. The van der Waals surface area contributed by atoms with Gasteiger partial charge in [0.1, 0.15) is 12.4 Å². The van der Waals surface area contributed by atoms with E-state index in [0.717, 1.165) is 16.3 Å². The van der Waals surface area contributed by atoms with E-state index in [1.54, 1.807) is 11.3 Å². The largest absolute Gasteiger partial charge is 0.492 e. The summed E-state index contributed by atoms with van der Waals surface area (Å²) in [7, 11) is 0. The molecule has 106 valence electrons. The first-order valence-electron chi connectivity index (χ1n) is 6.48. The van der Waals surface area contributed by atoms with Gasteiger partial charge in [0.2, 0.25) is 5.91 Å². The molecule has 2 aromatic rings. The molecule has 5 heteroatoms. The average Bonchev–Trinajstić information content (AvgIpc) is 3.00. The van der Waals surface area contributed by atoms with Crippen LogP contribution in [0.2, 0.25) is 0 Å². The molecular formula is C15H18N2O2S. The quantitative estimate of drug-likeness (QED) is 0.860. The van der Waals surface area contributed by atoms with E-state index >= 15 is 0 Å². The van der Waals surface area contributed by atoms with Gasteiger partial charge in [-0.25, -0.2) is 0 Å². The molecule has 1 unspecified atom stereocenters. The molecule has 0 aliphatic heterocycles. The van der Waals surface area contributed by atoms with Gasteiger partial charge in [-0.2, -0.15) is 0 Å². The lowest BCUT2D eigenvalue weighted by molar-refractivity contribution is -0.117. The number of carbonyl (C=O) groups is 1. The lowest BCUT2D eigenvalue weighted by Gasteiger charge is -2.11. The van der Waals surface area contributed by atoms with Crippen molar-refractivity contribution in [3.63, 3.8) is 0 Å². The van der Waals surface area contributed by atoms with Crippen LogP contribution in [0.3, 0.4) is 0 Å². The van der Waals surface area contributed by atoms with Crippen LogP contribution in [0, 0.1) is 0 Å². The van der Waals surface area contributed by atoms with Crippen LogP contribution >= 0.6 is 11.3 Å². The molecule has 1 amide bonds. The summed E-state index contributed by atoms with van der Waals surface area (Å²) in [5.74, 6) is 0.589. The molecule has 0 saturated carbocycles. The second kappa shape index (κ2) is 7.07. The number of carbonyl (C=O) groups excluding carboxylic acids is 1. The summed E-state index contributed by atoms with van der Waals surface area (Å²) in [4.78, 5) is 13.2. The van der Waals surface area contributed by atoms with Gasteiger partial charge in [0, 0.05) is 17.1 Å². The van der Waals surface area contributed by atoms with E-state index in [9.17, 15) is 4.79 Å². The topological polar surface area (TPSA) is 64.3 Å². The van der Waals surface area contributed by atoms with E-state index < -0.39 is 0 Å². The van der Waals surface area contributed by atoms with Crippen molar-refractivity contribution < 1.29 is 9.53 Å². The molecule has 0 saturated heterocycles.